The number of benzene rings is 1. The van der Waals surface area contributed by atoms with Gasteiger partial charge in [0.25, 0.3) is 0 Å². The van der Waals surface area contributed by atoms with Gasteiger partial charge in [-0.3, -0.25) is 4.99 Å². The van der Waals surface area contributed by atoms with Crippen molar-refractivity contribution in [3.63, 3.8) is 0 Å². The molecule has 1 aliphatic rings. The van der Waals surface area contributed by atoms with Crippen LogP contribution in [0.1, 0.15) is 11.1 Å². The highest BCUT2D eigenvalue weighted by Gasteiger charge is 2.20. The third kappa shape index (κ3) is 1.71. The van der Waals surface area contributed by atoms with Gasteiger partial charge in [-0.15, -0.1) is 0 Å². The third-order valence-electron chi connectivity index (χ3n) is 2.64. The maximum atomic E-state index is 5.63. The van der Waals surface area contributed by atoms with Crippen molar-refractivity contribution < 1.29 is 0 Å². The molecule has 0 saturated carbocycles. The van der Waals surface area contributed by atoms with Gasteiger partial charge in [0.05, 0.1) is 0 Å². The molecule has 0 amide bonds. The second kappa shape index (κ2) is 3.70. The van der Waals surface area contributed by atoms with E-state index in [1.165, 1.54) is 11.1 Å². The Morgan fingerprint density at radius 2 is 1.93 bits per heavy atom. The van der Waals surface area contributed by atoms with Crippen LogP contribution in [0.5, 0.6) is 0 Å². The van der Waals surface area contributed by atoms with Gasteiger partial charge in [-0.25, -0.2) is 0 Å². The Labute approximate surface area is 84.0 Å². The van der Waals surface area contributed by atoms with Crippen LogP contribution < -0.4 is 11.1 Å². The van der Waals surface area contributed by atoms with E-state index >= 15 is 0 Å². The molecule has 0 fully saturated rings. The molecule has 3 N–H and O–H groups in total. The Hall–Kier alpha value is -1.51. The molecule has 0 radical (unpaired) electrons. The zero-order valence-electron chi connectivity index (χ0n) is 8.33. The molecule has 3 nitrogen and oxygen atoms in total. The van der Waals surface area contributed by atoms with Crippen molar-refractivity contribution in [2.75, 3.05) is 7.05 Å². The first kappa shape index (κ1) is 9.06. The lowest BCUT2D eigenvalue weighted by molar-refractivity contribution is 0.640. The molecule has 1 aromatic carbocycles. The summed E-state index contributed by atoms with van der Waals surface area (Å²) in [4.78, 5) is 3.90. The second-order valence-electron chi connectivity index (χ2n) is 3.63. The lowest BCUT2D eigenvalue weighted by atomic mass is 10.1. The first-order valence-corrected chi connectivity index (χ1v) is 4.85. The molecule has 0 atom stereocenters. The SMILES string of the molecule is CN=C(N)NC1Cc2ccccc2C1. The molecular weight excluding hydrogens is 174 g/mol. The standard InChI is InChI=1S/C11H15N3/c1-13-11(12)14-10-6-8-4-2-3-5-9(8)7-10/h2-5,10H,6-7H2,1H3,(H3,12,13,14). The molecule has 0 heterocycles. The molecule has 1 aliphatic carbocycles. The number of nitrogens with two attached hydrogens (primary N) is 1. The van der Waals surface area contributed by atoms with E-state index in [9.17, 15) is 0 Å². The number of hydrogen-bond acceptors (Lipinski definition) is 1. The highest BCUT2D eigenvalue weighted by molar-refractivity contribution is 5.78. The second-order valence-corrected chi connectivity index (χ2v) is 3.63. The van der Waals surface area contributed by atoms with E-state index in [0.717, 1.165) is 12.8 Å². The van der Waals surface area contributed by atoms with E-state index in [1.807, 2.05) is 0 Å². The molecule has 74 valence electrons. The lowest BCUT2D eigenvalue weighted by Gasteiger charge is -2.11. The summed E-state index contributed by atoms with van der Waals surface area (Å²) in [5, 5.41) is 3.20. The highest BCUT2D eigenvalue weighted by atomic mass is 15.1. The Balaban J connectivity index is 2.05. The van der Waals surface area contributed by atoms with E-state index in [2.05, 4.69) is 34.6 Å². The largest absolute Gasteiger partial charge is 0.370 e. The summed E-state index contributed by atoms with van der Waals surface area (Å²) in [5.41, 5.74) is 8.48. The van der Waals surface area contributed by atoms with Gasteiger partial charge in [0.1, 0.15) is 0 Å². The van der Waals surface area contributed by atoms with E-state index in [4.69, 9.17) is 5.73 Å². The summed E-state index contributed by atoms with van der Waals surface area (Å²) in [7, 11) is 1.70. The van der Waals surface area contributed by atoms with E-state index in [-0.39, 0.29) is 0 Å². The van der Waals surface area contributed by atoms with Gasteiger partial charge < -0.3 is 11.1 Å². The zero-order valence-corrected chi connectivity index (χ0v) is 8.33. The topological polar surface area (TPSA) is 50.4 Å². The predicted octanol–water partition coefficient (Wildman–Crippen LogP) is 0.688. The van der Waals surface area contributed by atoms with E-state index in [0.29, 0.717) is 12.0 Å². The molecule has 0 aromatic heterocycles. The fourth-order valence-corrected chi connectivity index (χ4v) is 1.93. The molecule has 0 unspecified atom stereocenters. The monoisotopic (exact) mass is 189 g/mol. The van der Waals surface area contributed by atoms with Crippen molar-refractivity contribution in [3.8, 4) is 0 Å². The number of aliphatic imine (C=N–C) groups is 1. The minimum Gasteiger partial charge on any atom is -0.370 e. The van der Waals surface area contributed by atoms with Crippen molar-refractivity contribution in [1.29, 1.82) is 0 Å². The number of nitrogens with zero attached hydrogens (tertiary/aromatic N) is 1. The van der Waals surface area contributed by atoms with Gasteiger partial charge in [0.15, 0.2) is 5.96 Å². The fraction of sp³-hybridized carbons (Fsp3) is 0.364. The molecule has 2 rings (SSSR count). The molecule has 14 heavy (non-hydrogen) atoms. The fourth-order valence-electron chi connectivity index (χ4n) is 1.93. The van der Waals surface area contributed by atoms with Crippen LogP contribution in [0.15, 0.2) is 29.3 Å². The lowest BCUT2D eigenvalue weighted by Crippen LogP contribution is -2.40. The van der Waals surface area contributed by atoms with Crippen LogP contribution in [0.2, 0.25) is 0 Å². The smallest absolute Gasteiger partial charge is 0.188 e. The molecule has 1 aromatic rings. The molecule has 0 saturated heterocycles. The molecule has 0 bridgehead atoms. The Morgan fingerprint density at radius 1 is 1.36 bits per heavy atom. The number of rotatable bonds is 1. The van der Waals surface area contributed by atoms with Crippen molar-refractivity contribution in [2.45, 2.75) is 18.9 Å². The summed E-state index contributed by atoms with van der Waals surface area (Å²) in [5.74, 6) is 0.530. The van der Waals surface area contributed by atoms with Gasteiger partial charge in [0, 0.05) is 13.1 Å². The number of nitrogens with one attached hydrogen (secondary N) is 1. The molecule has 0 spiro atoms. The first-order valence-electron chi connectivity index (χ1n) is 4.85. The summed E-state index contributed by atoms with van der Waals surface area (Å²) in [6.07, 6.45) is 2.10. The Morgan fingerprint density at radius 3 is 2.43 bits per heavy atom. The average molecular weight is 189 g/mol. The van der Waals surface area contributed by atoms with Crippen LogP contribution in [0.4, 0.5) is 0 Å². The van der Waals surface area contributed by atoms with Crippen LogP contribution in [-0.4, -0.2) is 19.0 Å². The van der Waals surface area contributed by atoms with Crippen LogP contribution in [0.25, 0.3) is 0 Å². The van der Waals surface area contributed by atoms with Crippen LogP contribution in [0.3, 0.4) is 0 Å². The normalized spacial score (nSPS) is 16.8. The maximum absolute atomic E-state index is 5.63. The zero-order chi connectivity index (χ0) is 9.97. The van der Waals surface area contributed by atoms with Gasteiger partial charge in [0.2, 0.25) is 0 Å². The summed E-state index contributed by atoms with van der Waals surface area (Å²) in [6.45, 7) is 0. The van der Waals surface area contributed by atoms with Gasteiger partial charge in [-0.1, -0.05) is 24.3 Å². The van der Waals surface area contributed by atoms with Crippen LogP contribution >= 0.6 is 0 Å². The highest BCUT2D eigenvalue weighted by Crippen LogP contribution is 2.21. The summed E-state index contributed by atoms with van der Waals surface area (Å²) >= 11 is 0. The quantitative estimate of drug-likeness (QED) is 0.504. The summed E-state index contributed by atoms with van der Waals surface area (Å²) in [6, 6.07) is 8.93. The van der Waals surface area contributed by atoms with Gasteiger partial charge in [-0.05, 0) is 24.0 Å². The number of fused-ring (bicyclic) bond motifs is 1. The Kier molecular flexibility index (Phi) is 2.39. The molecule has 3 heteroatoms. The van der Waals surface area contributed by atoms with Crippen molar-refractivity contribution >= 4 is 5.96 Å². The minimum absolute atomic E-state index is 0.413. The number of guanidine groups is 1. The summed E-state index contributed by atoms with van der Waals surface area (Å²) < 4.78 is 0. The van der Waals surface area contributed by atoms with E-state index in [1.54, 1.807) is 7.05 Å². The number of hydrogen-bond donors (Lipinski definition) is 2. The van der Waals surface area contributed by atoms with Gasteiger partial charge >= 0.3 is 0 Å². The average Bonchev–Trinajstić information content (AvgIpc) is 2.59. The molecular formula is C11H15N3. The van der Waals surface area contributed by atoms with Gasteiger partial charge in [-0.2, -0.15) is 0 Å². The Bertz CT molecular complexity index is 332. The van der Waals surface area contributed by atoms with E-state index < -0.39 is 0 Å². The van der Waals surface area contributed by atoms with Crippen LogP contribution in [0, 0.1) is 0 Å². The predicted molar refractivity (Wildman–Crippen MR) is 58.3 cm³/mol. The minimum atomic E-state index is 0.413. The third-order valence-corrected chi connectivity index (χ3v) is 2.64. The maximum Gasteiger partial charge on any atom is 0.188 e. The van der Waals surface area contributed by atoms with Crippen LogP contribution in [-0.2, 0) is 12.8 Å². The van der Waals surface area contributed by atoms with Crippen molar-refractivity contribution in [1.82, 2.24) is 5.32 Å². The van der Waals surface area contributed by atoms with Crippen molar-refractivity contribution in [3.05, 3.63) is 35.4 Å². The van der Waals surface area contributed by atoms with Crippen molar-refractivity contribution in [2.24, 2.45) is 10.7 Å². The first-order chi connectivity index (χ1) is 6.79. The molecule has 0 aliphatic heterocycles.